The highest BCUT2D eigenvalue weighted by molar-refractivity contribution is 7.82. The third-order valence-corrected chi connectivity index (χ3v) is 4.35. The molecule has 0 aliphatic carbocycles. The molecule has 0 bridgehead atoms. The molecule has 0 saturated heterocycles. The number of rotatable bonds is 5. The maximum atomic E-state index is 5.71. The minimum atomic E-state index is 0.767. The zero-order valence-corrected chi connectivity index (χ0v) is 15.0. The van der Waals surface area contributed by atoms with Crippen molar-refractivity contribution < 1.29 is 0 Å². The summed E-state index contributed by atoms with van der Waals surface area (Å²) in [6.45, 7) is 11.9. The van der Waals surface area contributed by atoms with Gasteiger partial charge in [-0.3, -0.25) is 4.90 Å². The van der Waals surface area contributed by atoms with E-state index in [0.29, 0.717) is 0 Å². The third kappa shape index (κ3) is 4.38. The van der Waals surface area contributed by atoms with Gasteiger partial charge < -0.3 is 9.80 Å². The van der Waals surface area contributed by atoms with Gasteiger partial charge in [0.15, 0.2) is 10.2 Å². The predicted molar refractivity (Wildman–Crippen MR) is 100.0 cm³/mol. The van der Waals surface area contributed by atoms with Gasteiger partial charge in [-0.1, -0.05) is 18.2 Å². The Morgan fingerprint density at radius 3 is 1.48 bits per heavy atom. The summed E-state index contributed by atoms with van der Waals surface area (Å²) in [5.41, 5.74) is 1.02. The number of hydrogen-bond acceptors (Lipinski definition) is 2. The van der Waals surface area contributed by atoms with Crippen molar-refractivity contribution in [2.45, 2.75) is 27.7 Å². The maximum Gasteiger partial charge on any atom is 0.182 e. The van der Waals surface area contributed by atoms with Gasteiger partial charge in [0.1, 0.15) is 0 Å². The van der Waals surface area contributed by atoms with Gasteiger partial charge in [0.2, 0.25) is 0 Å². The average Bonchev–Trinajstić information content (AvgIpc) is 2.51. The van der Waals surface area contributed by atoms with E-state index in [1.807, 2.05) is 35.2 Å². The van der Waals surface area contributed by atoms with Gasteiger partial charge >= 0.3 is 0 Å². The van der Waals surface area contributed by atoms with Crippen LogP contribution in [0.15, 0.2) is 30.3 Å². The average molecular weight is 324 g/mol. The molecule has 0 spiro atoms. The molecule has 21 heavy (non-hydrogen) atoms. The molecule has 0 amide bonds. The van der Waals surface area contributed by atoms with Crippen LogP contribution in [-0.2, 0) is 0 Å². The van der Waals surface area contributed by atoms with Crippen LogP contribution in [0.3, 0.4) is 0 Å². The molecule has 3 nitrogen and oxygen atoms in total. The molecule has 0 fully saturated rings. The number of thiocarbonyl (C=S) groups is 2. The lowest BCUT2D eigenvalue weighted by molar-refractivity contribution is 0.452. The summed E-state index contributed by atoms with van der Waals surface area (Å²) >= 11 is 11.4. The van der Waals surface area contributed by atoms with Crippen LogP contribution in [-0.4, -0.2) is 46.2 Å². The fraction of sp³-hybridized carbons (Fsp3) is 0.500. The summed E-state index contributed by atoms with van der Waals surface area (Å²) in [7, 11) is 0. The molecule has 1 aromatic rings. The number of anilines is 1. The molecular formula is C16H25N3S2. The molecule has 0 N–H and O–H groups in total. The monoisotopic (exact) mass is 323 g/mol. The van der Waals surface area contributed by atoms with E-state index in [0.717, 1.165) is 42.1 Å². The lowest BCUT2D eigenvalue weighted by atomic mass is 10.3. The second kappa shape index (κ2) is 8.95. The first-order valence-electron chi connectivity index (χ1n) is 7.53. The molecule has 116 valence electrons. The normalized spacial score (nSPS) is 10.1. The van der Waals surface area contributed by atoms with Crippen molar-refractivity contribution in [3.63, 3.8) is 0 Å². The van der Waals surface area contributed by atoms with E-state index in [9.17, 15) is 0 Å². The lowest BCUT2D eigenvalue weighted by Gasteiger charge is -2.36. The lowest BCUT2D eigenvalue weighted by Crippen LogP contribution is -2.51. The van der Waals surface area contributed by atoms with E-state index in [-0.39, 0.29) is 0 Å². The van der Waals surface area contributed by atoms with Gasteiger partial charge in [-0.25, -0.2) is 0 Å². The van der Waals surface area contributed by atoms with Crippen LogP contribution in [0, 0.1) is 0 Å². The molecule has 0 aliphatic heterocycles. The van der Waals surface area contributed by atoms with Gasteiger partial charge in [-0.05, 0) is 64.3 Å². The standard InChI is InChI=1S/C16H25N3S2/c1-5-17(6-2)15(20)19(14-12-10-9-11-13-14)16(21)18(7-3)8-4/h9-13H,5-8H2,1-4H3. The predicted octanol–water partition coefficient (Wildman–Crippen LogP) is 3.75. The largest absolute Gasteiger partial charge is 0.349 e. The number of hydrogen-bond donors (Lipinski definition) is 0. The summed E-state index contributed by atoms with van der Waals surface area (Å²) < 4.78 is 0. The molecule has 5 heteroatoms. The molecule has 1 rings (SSSR count). The number of para-hydroxylation sites is 1. The first kappa shape index (κ1) is 17.9. The second-order valence-electron chi connectivity index (χ2n) is 4.58. The van der Waals surface area contributed by atoms with E-state index < -0.39 is 0 Å². The topological polar surface area (TPSA) is 9.72 Å². The summed E-state index contributed by atoms with van der Waals surface area (Å²) in [5, 5.41) is 1.53. The van der Waals surface area contributed by atoms with Crippen molar-refractivity contribution in [2.24, 2.45) is 0 Å². The smallest absolute Gasteiger partial charge is 0.182 e. The van der Waals surface area contributed by atoms with E-state index >= 15 is 0 Å². The first-order chi connectivity index (χ1) is 10.1. The van der Waals surface area contributed by atoms with E-state index in [1.165, 1.54) is 0 Å². The van der Waals surface area contributed by atoms with Crippen LogP contribution in [0.1, 0.15) is 27.7 Å². The Morgan fingerprint density at radius 1 is 0.762 bits per heavy atom. The summed E-state index contributed by atoms with van der Waals surface area (Å²) in [6, 6.07) is 10.1. The molecule has 0 atom stereocenters. The molecule has 0 unspecified atom stereocenters. The number of nitrogens with zero attached hydrogens (tertiary/aromatic N) is 3. The van der Waals surface area contributed by atoms with E-state index in [1.54, 1.807) is 0 Å². The van der Waals surface area contributed by atoms with Crippen LogP contribution in [0.25, 0.3) is 0 Å². The Balaban J connectivity index is 3.18. The summed E-state index contributed by atoms with van der Waals surface area (Å²) in [6.07, 6.45) is 0. The van der Waals surface area contributed by atoms with Crippen molar-refractivity contribution in [3.8, 4) is 0 Å². The quantitative estimate of drug-likeness (QED) is 0.761. The van der Waals surface area contributed by atoms with E-state index in [4.69, 9.17) is 24.4 Å². The van der Waals surface area contributed by atoms with Crippen LogP contribution in [0.2, 0.25) is 0 Å². The molecule has 0 heterocycles. The van der Waals surface area contributed by atoms with Gasteiger partial charge in [-0.15, -0.1) is 0 Å². The van der Waals surface area contributed by atoms with Gasteiger partial charge in [0.05, 0.1) is 5.69 Å². The van der Waals surface area contributed by atoms with E-state index in [2.05, 4.69) is 37.5 Å². The minimum absolute atomic E-state index is 0.767. The van der Waals surface area contributed by atoms with Gasteiger partial charge in [0, 0.05) is 26.2 Å². The second-order valence-corrected chi connectivity index (χ2v) is 5.31. The van der Waals surface area contributed by atoms with Crippen molar-refractivity contribution in [2.75, 3.05) is 31.1 Å². The Hall–Kier alpha value is -1.20. The maximum absolute atomic E-state index is 5.71. The van der Waals surface area contributed by atoms with Crippen molar-refractivity contribution in [1.82, 2.24) is 9.80 Å². The Bertz CT molecular complexity index is 430. The molecular weight excluding hydrogens is 298 g/mol. The van der Waals surface area contributed by atoms with Gasteiger partial charge in [-0.2, -0.15) is 0 Å². The summed E-state index contributed by atoms with van der Waals surface area (Å²) in [4.78, 5) is 6.31. The minimum Gasteiger partial charge on any atom is -0.349 e. The van der Waals surface area contributed by atoms with Crippen LogP contribution in [0.5, 0.6) is 0 Å². The Kier molecular flexibility index (Phi) is 7.61. The Morgan fingerprint density at radius 2 is 1.14 bits per heavy atom. The number of benzene rings is 1. The fourth-order valence-electron chi connectivity index (χ4n) is 2.15. The van der Waals surface area contributed by atoms with Gasteiger partial charge in [0.25, 0.3) is 0 Å². The van der Waals surface area contributed by atoms with Crippen LogP contribution < -0.4 is 4.90 Å². The van der Waals surface area contributed by atoms with Crippen LogP contribution >= 0.6 is 24.4 Å². The van der Waals surface area contributed by atoms with Crippen molar-refractivity contribution >= 4 is 40.3 Å². The molecule has 0 radical (unpaired) electrons. The fourth-order valence-corrected chi connectivity index (χ4v) is 3.11. The summed E-state index contributed by atoms with van der Waals surface area (Å²) in [5.74, 6) is 0. The van der Waals surface area contributed by atoms with Crippen molar-refractivity contribution in [1.29, 1.82) is 0 Å². The highest BCUT2D eigenvalue weighted by atomic mass is 32.1. The highest BCUT2D eigenvalue weighted by Crippen LogP contribution is 2.18. The Labute approximate surface area is 139 Å². The molecule has 0 aliphatic rings. The molecule has 0 aromatic heterocycles. The van der Waals surface area contributed by atoms with Crippen molar-refractivity contribution in [3.05, 3.63) is 30.3 Å². The zero-order valence-electron chi connectivity index (χ0n) is 13.4. The molecule has 1 aromatic carbocycles. The van der Waals surface area contributed by atoms with Crippen LogP contribution in [0.4, 0.5) is 5.69 Å². The highest BCUT2D eigenvalue weighted by Gasteiger charge is 2.23. The third-order valence-electron chi connectivity index (χ3n) is 3.46. The SMILES string of the molecule is CCN(CC)C(=S)N(C(=S)N(CC)CC)c1ccccc1. The first-order valence-corrected chi connectivity index (χ1v) is 8.35. The zero-order chi connectivity index (χ0) is 15.8. The molecule has 0 saturated carbocycles.